The molecular weight excluding hydrogens is 418 g/mol. The summed E-state index contributed by atoms with van der Waals surface area (Å²) in [7, 11) is 0. The molecule has 0 saturated carbocycles. The first kappa shape index (κ1) is 21.3. The van der Waals surface area contributed by atoms with Crippen molar-refractivity contribution in [2.75, 3.05) is 42.6 Å². The van der Waals surface area contributed by atoms with Crippen molar-refractivity contribution in [2.45, 2.75) is 6.10 Å². The fourth-order valence-corrected chi connectivity index (χ4v) is 3.61. The highest BCUT2D eigenvalue weighted by molar-refractivity contribution is 6.04. The van der Waals surface area contributed by atoms with Crippen molar-refractivity contribution in [3.63, 3.8) is 0 Å². The quantitative estimate of drug-likeness (QED) is 0.699. The zero-order valence-corrected chi connectivity index (χ0v) is 17.0. The summed E-state index contributed by atoms with van der Waals surface area (Å²) >= 11 is 0. The van der Waals surface area contributed by atoms with E-state index in [2.05, 4.69) is 5.32 Å². The van der Waals surface area contributed by atoms with E-state index in [1.54, 1.807) is 35.2 Å². The van der Waals surface area contributed by atoms with Crippen LogP contribution in [0.1, 0.15) is 20.7 Å². The second-order valence-corrected chi connectivity index (χ2v) is 7.29. The van der Waals surface area contributed by atoms with Gasteiger partial charge in [0.15, 0.2) is 0 Å². The minimum Gasteiger partial charge on any atom is -0.478 e. The highest BCUT2D eigenvalue weighted by Gasteiger charge is 2.33. The van der Waals surface area contributed by atoms with Crippen LogP contribution in [0.15, 0.2) is 48.5 Å². The van der Waals surface area contributed by atoms with E-state index in [9.17, 15) is 24.3 Å². The largest absolute Gasteiger partial charge is 0.478 e. The topological polar surface area (TPSA) is 125 Å². The number of carboxylic acid groups (broad SMARTS) is 1. The first-order chi connectivity index (χ1) is 15.4. The van der Waals surface area contributed by atoms with Gasteiger partial charge in [0.1, 0.15) is 12.7 Å². The molecule has 2 heterocycles. The van der Waals surface area contributed by atoms with Crippen molar-refractivity contribution in [1.82, 2.24) is 5.32 Å². The molecule has 0 aromatic heterocycles. The van der Waals surface area contributed by atoms with Crippen LogP contribution in [0.4, 0.5) is 16.2 Å². The number of hydrogen-bond donors (Lipinski definition) is 2. The van der Waals surface area contributed by atoms with Crippen LogP contribution in [0.5, 0.6) is 0 Å². The normalized spacial score (nSPS) is 18.4. The SMILES string of the molecule is O=C(O)c1ccccc1C(=O)NC[C@H]1CN(c2ccc(N3CCOCC3=O)cc2)C(=O)O1. The van der Waals surface area contributed by atoms with Crippen LogP contribution in [0.2, 0.25) is 0 Å². The van der Waals surface area contributed by atoms with E-state index in [-0.39, 0.29) is 36.7 Å². The molecule has 2 saturated heterocycles. The Morgan fingerprint density at radius 1 is 1.00 bits per heavy atom. The number of nitrogens with one attached hydrogen (secondary N) is 1. The lowest BCUT2D eigenvalue weighted by atomic mass is 10.1. The highest BCUT2D eigenvalue weighted by atomic mass is 16.6. The van der Waals surface area contributed by atoms with Crippen LogP contribution < -0.4 is 15.1 Å². The molecule has 2 fully saturated rings. The van der Waals surface area contributed by atoms with Crippen LogP contribution >= 0.6 is 0 Å². The maximum Gasteiger partial charge on any atom is 0.414 e. The average molecular weight is 439 g/mol. The van der Waals surface area contributed by atoms with Gasteiger partial charge >= 0.3 is 12.1 Å². The third-order valence-corrected chi connectivity index (χ3v) is 5.23. The molecule has 10 nitrogen and oxygen atoms in total. The lowest BCUT2D eigenvalue weighted by molar-refractivity contribution is -0.125. The number of anilines is 2. The molecule has 0 spiro atoms. The number of ether oxygens (including phenoxy) is 2. The summed E-state index contributed by atoms with van der Waals surface area (Å²) < 4.78 is 10.5. The molecule has 2 aliphatic rings. The Balaban J connectivity index is 1.37. The molecule has 0 aliphatic carbocycles. The van der Waals surface area contributed by atoms with Crippen molar-refractivity contribution in [2.24, 2.45) is 0 Å². The molecule has 166 valence electrons. The fourth-order valence-electron chi connectivity index (χ4n) is 3.61. The van der Waals surface area contributed by atoms with E-state index < -0.39 is 24.1 Å². The maximum atomic E-state index is 12.4. The van der Waals surface area contributed by atoms with Crippen molar-refractivity contribution < 1.29 is 33.8 Å². The van der Waals surface area contributed by atoms with E-state index in [1.807, 2.05) is 0 Å². The molecule has 2 aromatic rings. The molecule has 10 heteroatoms. The number of rotatable bonds is 6. The number of carboxylic acids is 1. The monoisotopic (exact) mass is 439 g/mol. The third-order valence-electron chi connectivity index (χ3n) is 5.23. The molecule has 4 rings (SSSR count). The molecule has 0 unspecified atom stereocenters. The smallest absolute Gasteiger partial charge is 0.414 e. The van der Waals surface area contributed by atoms with E-state index in [0.29, 0.717) is 18.8 Å². The summed E-state index contributed by atoms with van der Waals surface area (Å²) in [6.45, 7) is 1.24. The first-order valence-corrected chi connectivity index (χ1v) is 10.0. The molecule has 3 amide bonds. The number of carbonyl (C=O) groups excluding carboxylic acids is 3. The van der Waals surface area contributed by atoms with Gasteiger partial charge in [-0.25, -0.2) is 9.59 Å². The number of morpholine rings is 1. The molecule has 1 atom stereocenters. The van der Waals surface area contributed by atoms with Gasteiger partial charge in [0, 0.05) is 17.9 Å². The van der Waals surface area contributed by atoms with E-state index in [1.165, 1.54) is 23.1 Å². The zero-order chi connectivity index (χ0) is 22.7. The summed E-state index contributed by atoms with van der Waals surface area (Å²) in [5.74, 6) is -1.88. The Hall–Kier alpha value is -3.92. The van der Waals surface area contributed by atoms with Gasteiger partial charge in [-0.15, -0.1) is 0 Å². The van der Waals surface area contributed by atoms with Crippen LogP contribution in [0.3, 0.4) is 0 Å². The Bertz CT molecular complexity index is 1050. The number of cyclic esters (lactones) is 1. The maximum absolute atomic E-state index is 12.4. The van der Waals surface area contributed by atoms with Gasteiger partial charge in [-0.05, 0) is 36.4 Å². The van der Waals surface area contributed by atoms with Crippen molar-refractivity contribution >= 4 is 35.3 Å². The highest BCUT2D eigenvalue weighted by Crippen LogP contribution is 2.25. The Morgan fingerprint density at radius 3 is 2.31 bits per heavy atom. The molecule has 2 N–H and O–H groups in total. The summed E-state index contributed by atoms with van der Waals surface area (Å²) in [5, 5.41) is 11.8. The van der Waals surface area contributed by atoms with Gasteiger partial charge in [-0.3, -0.25) is 14.5 Å². The Kier molecular flexibility index (Phi) is 6.04. The van der Waals surface area contributed by atoms with Gasteiger partial charge in [0.25, 0.3) is 11.8 Å². The molecule has 0 bridgehead atoms. The molecule has 2 aliphatic heterocycles. The Morgan fingerprint density at radius 2 is 1.66 bits per heavy atom. The van der Waals surface area contributed by atoms with Crippen molar-refractivity contribution in [3.8, 4) is 0 Å². The number of carbonyl (C=O) groups is 4. The lowest BCUT2D eigenvalue weighted by Gasteiger charge is -2.27. The van der Waals surface area contributed by atoms with Gasteiger partial charge in [-0.1, -0.05) is 12.1 Å². The third kappa shape index (κ3) is 4.40. The van der Waals surface area contributed by atoms with Gasteiger partial charge in [-0.2, -0.15) is 0 Å². The standard InChI is InChI=1S/C22H21N3O7/c26-19-13-31-10-9-24(19)14-5-7-15(8-6-14)25-12-16(32-22(25)30)11-23-20(27)17-3-1-2-4-18(17)21(28)29/h1-8,16H,9-13H2,(H,23,27)(H,28,29)/t16-/m0/s1. The van der Waals surface area contributed by atoms with Gasteiger partial charge in [0.05, 0.1) is 30.8 Å². The summed E-state index contributed by atoms with van der Waals surface area (Å²) in [4.78, 5) is 51.0. The van der Waals surface area contributed by atoms with Crippen molar-refractivity contribution in [1.29, 1.82) is 0 Å². The number of aromatic carboxylic acids is 1. The van der Waals surface area contributed by atoms with Crippen LogP contribution in [0, 0.1) is 0 Å². The minimum absolute atomic E-state index is 0.0365. The van der Waals surface area contributed by atoms with E-state index in [0.717, 1.165) is 5.69 Å². The lowest BCUT2D eigenvalue weighted by Crippen LogP contribution is -2.41. The number of amides is 3. The van der Waals surface area contributed by atoms with Crippen LogP contribution in [-0.2, 0) is 14.3 Å². The van der Waals surface area contributed by atoms with Crippen LogP contribution in [-0.4, -0.2) is 67.9 Å². The van der Waals surface area contributed by atoms with Crippen molar-refractivity contribution in [3.05, 3.63) is 59.7 Å². The van der Waals surface area contributed by atoms with Crippen LogP contribution in [0.25, 0.3) is 0 Å². The second-order valence-electron chi connectivity index (χ2n) is 7.29. The molecular formula is C22H21N3O7. The molecule has 2 aromatic carbocycles. The molecule has 0 radical (unpaired) electrons. The Labute approximate surface area is 183 Å². The second kappa shape index (κ2) is 9.06. The average Bonchev–Trinajstić information content (AvgIpc) is 3.18. The number of benzene rings is 2. The summed E-state index contributed by atoms with van der Waals surface area (Å²) in [5.41, 5.74) is 1.25. The zero-order valence-electron chi connectivity index (χ0n) is 17.0. The minimum atomic E-state index is -1.20. The summed E-state index contributed by atoms with van der Waals surface area (Å²) in [6.07, 6.45) is -1.14. The predicted octanol–water partition coefficient (Wildman–Crippen LogP) is 1.50. The number of nitrogens with zero attached hydrogens (tertiary/aromatic N) is 2. The number of hydrogen-bond acceptors (Lipinski definition) is 6. The van der Waals surface area contributed by atoms with E-state index in [4.69, 9.17) is 9.47 Å². The molecule has 32 heavy (non-hydrogen) atoms. The first-order valence-electron chi connectivity index (χ1n) is 10.0. The summed E-state index contributed by atoms with van der Waals surface area (Å²) in [6, 6.07) is 12.8. The van der Waals surface area contributed by atoms with E-state index >= 15 is 0 Å². The predicted molar refractivity (Wildman–Crippen MR) is 113 cm³/mol. The van der Waals surface area contributed by atoms with Gasteiger partial charge in [0.2, 0.25) is 0 Å². The fraction of sp³-hybridized carbons (Fsp3) is 0.273. The van der Waals surface area contributed by atoms with Gasteiger partial charge < -0.3 is 24.8 Å².